The maximum atomic E-state index is 12.1. The van der Waals surface area contributed by atoms with Crippen LogP contribution in [0.15, 0.2) is 4.99 Å². The Bertz CT molecular complexity index is 503. The molecule has 0 spiro atoms. The average Bonchev–Trinajstić information content (AvgIpc) is 2.37. The second-order valence-electron chi connectivity index (χ2n) is 8.29. The van der Waals surface area contributed by atoms with Crippen molar-refractivity contribution >= 4 is 17.9 Å². The average molecular weight is 355 g/mol. The molecule has 0 bridgehead atoms. The number of nitrogens with one attached hydrogen (secondary N) is 2. The van der Waals surface area contributed by atoms with Crippen LogP contribution in [0.25, 0.3) is 0 Å². The van der Waals surface area contributed by atoms with Crippen LogP contribution in [0.5, 0.6) is 0 Å². The highest BCUT2D eigenvalue weighted by Crippen LogP contribution is 2.19. The topological polar surface area (TPSA) is 89.0 Å². The lowest BCUT2D eigenvalue weighted by Crippen LogP contribution is -2.56. The van der Waals surface area contributed by atoms with E-state index in [1.54, 1.807) is 0 Å². The van der Waals surface area contributed by atoms with Gasteiger partial charge in [0.15, 0.2) is 0 Å². The van der Waals surface area contributed by atoms with E-state index in [1.165, 1.54) is 0 Å². The first kappa shape index (κ1) is 21.3. The molecule has 1 saturated carbocycles. The molecule has 144 valence electrons. The predicted molar refractivity (Wildman–Crippen MR) is 98.1 cm³/mol. The predicted octanol–water partition coefficient (Wildman–Crippen LogP) is 3.42. The van der Waals surface area contributed by atoms with Crippen molar-refractivity contribution in [3.8, 4) is 0 Å². The Labute approximate surface area is 150 Å². The summed E-state index contributed by atoms with van der Waals surface area (Å²) in [6.07, 6.45) is 1.10. The first-order valence-corrected chi connectivity index (χ1v) is 8.91. The molecule has 0 aromatic rings. The van der Waals surface area contributed by atoms with Crippen LogP contribution in [0, 0.1) is 0 Å². The Morgan fingerprint density at radius 3 is 1.92 bits per heavy atom. The van der Waals surface area contributed by atoms with Crippen LogP contribution in [-0.2, 0) is 9.47 Å². The van der Waals surface area contributed by atoms with E-state index in [0.29, 0.717) is 19.4 Å². The van der Waals surface area contributed by atoms with E-state index < -0.39 is 23.4 Å². The van der Waals surface area contributed by atoms with E-state index in [4.69, 9.17) is 9.47 Å². The highest BCUT2D eigenvalue weighted by Gasteiger charge is 2.33. The quantitative estimate of drug-likeness (QED) is 0.812. The minimum absolute atomic E-state index is 0.224. The van der Waals surface area contributed by atoms with Gasteiger partial charge in [-0.25, -0.2) is 9.59 Å². The molecular weight excluding hydrogens is 322 g/mol. The van der Waals surface area contributed by atoms with E-state index in [2.05, 4.69) is 15.6 Å². The SMILES string of the molecule is CC/N=C1/CC[C@H](NC(=O)OC(C)(C)C)[C@H](NC(=O)OC(C)(C)C)C1. The smallest absolute Gasteiger partial charge is 0.407 e. The van der Waals surface area contributed by atoms with Crippen LogP contribution < -0.4 is 10.6 Å². The van der Waals surface area contributed by atoms with Crippen molar-refractivity contribution in [2.75, 3.05) is 6.54 Å². The number of amides is 2. The van der Waals surface area contributed by atoms with Crippen molar-refractivity contribution in [2.45, 2.75) is 91.0 Å². The molecule has 0 unspecified atom stereocenters. The molecule has 1 fully saturated rings. The summed E-state index contributed by atoms with van der Waals surface area (Å²) in [7, 11) is 0. The molecule has 1 rings (SSSR count). The highest BCUT2D eigenvalue weighted by atomic mass is 16.6. The molecule has 2 N–H and O–H groups in total. The fourth-order valence-electron chi connectivity index (χ4n) is 2.63. The first-order valence-electron chi connectivity index (χ1n) is 8.91. The lowest BCUT2D eigenvalue weighted by Gasteiger charge is -2.34. The van der Waals surface area contributed by atoms with Gasteiger partial charge in [-0.2, -0.15) is 0 Å². The first-order chi connectivity index (χ1) is 11.4. The number of aliphatic imine (C=N–C) groups is 1. The second kappa shape index (κ2) is 8.54. The van der Waals surface area contributed by atoms with Crippen LogP contribution in [-0.4, -0.2) is 47.7 Å². The van der Waals surface area contributed by atoms with Crippen molar-refractivity contribution in [3.63, 3.8) is 0 Å². The van der Waals surface area contributed by atoms with E-state index >= 15 is 0 Å². The van der Waals surface area contributed by atoms with Crippen molar-refractivity contribution in [1.82, 2.24) is 10.6 Å². The number of nitrogens with zero attached hydrogens (tertiary/aromatic N) is 1. The van der Waals surface area contributed by atoms with Crippen molar-refractivity contribution in [1.29, 1.82) is 0 Å². The number of ether oxygens (including phenoxy) is 2. The summed E-state index contributed by atoms with van der Waals surface area (Å²) in [5.74, 6) is 0. The second-order valence-corrected chi connectivity index (χ2v) is 8.29. The summed E-state index contributed by atoms with van der Waals surface area (Å²) >= 11 is 0. The maximum Gasteiger partial charge on any atom is 0.407 e. The normalized spacial score (nSPS) is 23.1. The summed E-state index contributed by atoms with van der Waals surface area (Å²) in [5.41, 5.74) is -0.0970. The van der Waals surface area contributed by atoms with Crippen molar-refractivity contribution < 1.29 is 19.1 Å². The van der Waals surface area contributed by atoms with Gasteiger partial charge in [-0.05, 0) is 61.3 Å². The summed E-state index contributed by atoms with van der Waals surface area (Å²) in [6.45, 7) is 13.6. The number of alkyl carbamates (subject to hydrolysis) is 2. The molecule has 7 heteroatoms. The van der Waals surface area contributed by atoms with Gasteiger partial charge < -0.3 is 20.1 Å². The fraction of sp³-hybridized carbons (Fsp3) is 0.833. The van der Waals surface area contributed by atoms with Crippen LogP contribution >= 0.6 is 0 Å². The van der Waals surface area contributed by atoms with Crippen LogP contribution in [0.1, 0.15) is 67.7 Å². The largest absolute Gasteiger partial charge is 0.444 e. The summed E-state index contributed by atoms with van der Waals surface area (Å²) in [6, 6.07) is -0.500. The molecular formula is C18H33N3O4. The number of rotatable bonds is 3. The molecule has 0 aromatic carbocycles. The molecule has 0 radical (unpaired) electrons. The number of hydrogen-bond acceptors (Lipinski definition) is 5. The van der Waals surface area contributed by atoms with E-state index in [0.717, 1.165) is 12.1 Å². The zero-order valence-corrected chi connectivity index (χ0v) is 16.6. The lowest BCUT2D eigenvalue weighted by atomic mass is 9.88. The number of carbonyl (C=O) groups is 2. The van der Waals surface area contributed by atoms with E-state index in [1.807, 2.05) is 48.5 Å². The standard InChI is InChI=1S/C18H33N3O4/c1-8-19-12-9-10-13(20-15(22)24-17(2,3)4)14(11-12)21-16(23)25-18(5,6)7/h13-14H,8-11H2,1-7H3,(H,20,22)(H,21,23)/b19-12-/t13-,14+/m0/s1. The van der Waals surface area contributed by atoms with E-state index in [9.17, 15) is 9.59 Å². The molecule has 7 nitrogen and oxygen atoms in total. The maximum absolute atomic E-state index is 12.1. The molecule has 2 atom stereocenters. The lowest BCUT2D eigenvalue weighted by molar-refractivity contribution is 0.0424. The minimum Gasteiger partial charge on any atom is -0.444 e. The zero-order chi connectivity index (χ0) is 19.3. The van der Waals surface area contributed by atoms with Crippen LogP contribution in [0.2, 0.25) is 0 Å². The minimum atomic E-state index is -0.576. The highest BCUT2D eigenvalue weighted by molar-refractivity contribution is 5.87. The molecule has 25 heavy (non-hydrogen) atoms. The van der Waals surface area contributed by atoms with Gasteiger partial charge in [0.05, 0.1) is 12.1 Å². The van der Waals surface area contributed by atoms with Gasteiger partial charge in [0.25, 0.3) is 0 Å². The molecule has 1 aliphatic carbocycles. The van der Waals surface area contributed by atoms with Gasteiger partial charge in [-0.15, -0.1) is 0 Å². The van der Waals surface area contributed by atoms with Gasteiger partial charge in [-0.3, -0.25) is 4.99 Å². The Hall–Kier alpha value is -1.79. The summed E-state index contributed by atoms with van der Waals surface area (Å²) < 4.78 is 10.7. The van der Waals surface area contributed by atoms with Gasteiger partial charge >= 0.3 is 12.2 Å². The Morgan fingerprint density at radius 2 is 1.48 bits per heavy atom. The van der Waals surface area contributed by atoms with E-state index in [-0.39, 0.29) is 12.1 Å². The number of carbonyl (C=O) groups excluding carboxylic acids is 2. The van der Waals surface area contributed by atoms with Gasteiger partial charge in [0.1, 0.15) is 11.2 Å². The third kappa shape index (κ3) is 8.74. The molecule has 1 aliphatic rings. The Kier molecular flexibility index (Phi) is 7.26. The third-order valence-electron chi connectivity index (χ3n) is 3.47. The summed E-state index contributed by atoms with van der Waals surface area (Å²) in [5, 5.41) is 5.74. The summed E-state index contributed by atoms with van der Waals surface area (Å²) in [4.78, 5) is 28.7. The molecule has 0 aliphatic heterocycles. The molecule has 0 saturated heterocycles. The fourth-order valence-corrected chi connectivity index (χ4v) is 2.63. The van der Waals surface area contributed by atoms with Crippen molar-refractivity contribution in [2.24, 2.45) is 4.99 Å². The van der Waals surface area contributed by atoms with Gasteiger partial charge in [-0.1, -0.05) is 0 Å². The van der Waals surface area contributed by atoms with Gasteiger partial charge in [0.2, 0.25) is 0 Å². The van der Waals surface area contributed by atoms with Gasteiger partial charge in [0, 0.05) is 18.7 Å². The van der Waals surface area contributed by atoms with Crippen LogP contribution in [0.4, 0.5) is 9.59 Å². The molecule has 2 amide bonds. The Morgan fingerprint density at radius 1 is 1.00 bits per heavy atom. The van der Waals surface area contributed by atoms with Crippen molar-refractivity contribution in [3.05, 3.63) is 0 Å². The number of hydrogen-bond donors (Lipinski definition) is 2. The Balaban J connectivity index is 2.77. The molecule has 0 heterocycles. The third-order valence-corrected chi connectivity index (χ3v) is 3.47. The molecule has 0 aromatic heterocycles. The monoisotopic (exact) mass is 355 g/mol. The van der Waals surface area contributed by atoms with Crippen LogP contribution in [0.3, 0.4) is 0 Å². The zero-order valence-electron chi connectivity index (χ0n) is 16.6.